The number of hydrogen-bond acceptors (Lipinski definition) is 4. The molecular weight excluding hydrogens is 264 g/mol. The minimum Gasteiger partial charge on any atom is -0.314 e. The summed E-state index contributed by atoms with van der Waals surface area (Å²) in [5, 5.41) is 7.36. The number of aryl methyl sites for hydroxylation is 1. The molecule has 6 nitrogen and oxygen atoms in total. The van der Waals surface area contributed by atoms with Crippen molar-refractivity contribution in [3.8, 4) is 0 Å². The van der Waals surface area contributed by atoms with Gasteiger partial charge in [0, 0.05) is 25.8 Å². The van der Waals surface area contributed by atoms with Gasteiger partial charge in [-0.3, -0.25) is 4.68 Å². The van der Waals surface area contributed by atoms with Crippen LogP contribution in [0.3, 0.4) is 0 Å². The quantitative estimate of drug-likeness (QED) is 0.628. The molecule has 1 aliphatic carbocycles. The number of sulfonamides is 1. The highest BCUT2D eigenvalue weighted by Gasteiger charge is 2.20. The van der Waals surface area contributed by atoms with E-state index in [1.165, 1.54) is 12.8 Å². The molecule has 1 saturated carbocycles. The molecule has 0 aliphatic heterocycles. The van der Waals surface area contributed by atoms with Gasteiger partial charge in [-0.25, -0.2) is 13.1 Å². The lowest BCUT2D eigenvalue weighted by Gasteiger charge is -2.06. The molecule has 1 fully saturated rings. The summed E-state index contributed by atoms with van der Waals surface area (Å²) in [4.78, 5) is 0. The first-order chi connectivity index (χ1) is 9.05. The molecule has 0 radical (unpaired) electrons. The van der Waals surface area contributed by atoms with E-state index in [4.69, 9.17) is 0 Å². The standard InChI is InChI=1S/C12H22N4O2S/c1-16-10-11(9-14-16)5-7-15-19(17,18)8-2-6-13-12-3-4-12/h9-10,12-13,15H,2-8H2,1H3. The predicted octanol–water partition coefficient (Wildman–Crippen LogP) is 0.0241. The van der Waals surface area contributed by atoms with Gasteiger partial charge in [-0.1, -0.05) is 0 Å². The van der Waals surface area contributed by atoms with E-state index in [1.807, 2.05) is 13.2 Å². The van der Waals surface area contributed by atoms with Crippen molar-refractivity contribution in [1.29, 1.82) is 0 Å². The number of aromatic nitrogens is 2. The molecule has 7 heteroatoms. The number of rotatable bonds is 9. The molecule has 0 spiro atoms. The average Bonchev–Trinajstić information content (AvgIpc) is 3.08. The Kier molecular flexibility index (Phi) is 4.95. The molecule has 1 aromatic rings. The lowest BCUT2D eigenvalue weighted by molar-refractivity contribution is 0.574. The fraction of sp³-hybridized carbons (Fsp3) is 0.750. The molecule has 108 valence electrons. The van der Waals surface area contributed by atoms with Crippen LogP contribution in [0.5, 0.6) is 0 Å². The van der Waals surface area contributed by atoms with Gasteiger partial charge in [0.2, 0.25) is 10.0 Å². The summed E-state index contributed by atoms with van der Waals surface area (Å²) in [7, 11) is -1.29. The van der Waals surface area contributed by atoms with Gasteiger partial charge in [-0.05, 0) is 37.8 Å². The van der Waals surface area contributed by atoms with Crippen molar-refractivity contribution in [3.05, 3.63) is 18.0 Å². The Morgan fingerprint density at radius 3 is 2.84 bits per heavy atom. The largest absolute Gasteiger partial charge is 0.314 e. The molecule has 19 heavy (non-hydrogen) atoms. The van der Waals surface area contributed by atoms with Gasteiger partial charge < -0.3 is 5.32 Å². The molecule has 0 atom stereocenters. The van der Waals surface area contributed by atoms with Crippen LogP contribution in [0, 0.1) is 0 Å². The first-order valence-electron chi connectivity index (χ1n) is 6.73. The normalized spacial score (nSPS) is 15.8. The van der Waals surface area contributed by atoms with Crippen molar-refractivity contribution in [2.24, 2.45) is 7.05 Å². The topological polar surface area (TPSA) is 76.0 Å². The summed E-state index contributed by atoms with van der Waals surface area (Å²) in [5.41, 5.74) is 1.04. The highest BCUT2D eigenvalue weighted by Crippen LogP contribution is 2.18. The SMILES string of the molecule is Cn1cc(CCNS(=O)(=O)CCCNC2CC2)cn1. The zero-order chi connectivity index (χ0) is 13.7. The third kappa shape index (κ3) is 5.71. The summed E-state index contributed by atoms with van der Waals surface area (Å²) >= 11 is 0. The van der Waals surface area contributed by atoms with Crippen molar-refractivity contribution < 1.29 is 8.42 Å². The maximum Gasteiger partial charge on any atom is 0.211 e. The number of nitrogens with zero attached hydrogens (tertiary/aromatic N) is 2. The minimum atomic E-state index is -3.14. The highest BCUT2D eigenvalue weighted by molar-refractivity contribution is 7.89. The van der Waals surface area contributed by atoms with Crippen molar-refractivity contribution in [3.63, 3.8) is 0 Å². The summed E-state index contributed by atoms with van der Waals surface area (Å²) in [6.07, 6.45) is 7.46. The van der Waals surface area contributed by atoms with E-state index in [2.05, 4.69) is 15.1 Å². The molecule has 2 N–H and O–H groups in total. The zero-order valence-corrected chi connectivity index (χ0v) is 12.1. The van der Waals surface area contributed by atoms with Crippen LogP contribution in [-0.4, -0.2) is 43.1 Å². The van der Waals surface area contributed by atoms with E-state index in [1.54, 1.807) is 10.9 Å². The Morgan fingerprint density at radius 1 is 1.42 bits per heavy atom. The molecular formula is C12H22N4O2S. The first-order valence-corrected chi connectivity index (χ1v) is 8.39. The molecule has 2 rings (SSSR count). The maximum atomic E-state index is 11.7. The second-order valence-electron chi connectivity index (χ2n) is 5.07. The van der Waals surface area contributed by atoms with Gasteiger partial charge in [0.05, 0.1) is 11.9 Å². The molecule has 1 aliphatic rings. The van der Waals surface area contributed by atoms with E-state index in [0.717, 1.165) is 12.1 Å². The number of nitrogens with one attached hydrogen (secondary N) is 2. The Labute approximate surface area is 114 Å². The average molecular weight is 286 g/mol. The Hall–Kier alpha value is -0.920. The highest BCUT2D eigenvalue weighted by atomic mass is 32.2. The smallest absolute Gasteiger partial charge is 0.211 e. The Morgan fingerprint density at radius 2 is 2.21 bits per heavy atom. The van der Waals surface area contributed by atoms with E-state index < -0.39 is 10.0 Å². The predicted molar refractivity (Wildman–Crippen MR) is 74.3 cm³/mol. The van der Waals surface area contributed by atoms with Crippen LogP contribution in [0.1, 0.15) is 24.8 Å². The summed E-state index contributed by atoms with van der Waals surface area (Å²) in [6.45, 7) is 1.22. The third-order valence-electron chi connectivity index (χ3n) is 3.09. The summed E-state index contributed by atoms with van der Waals surface area (Å²) in [6, 6.07) is 0.640. The first kappa shape index (κ1) is 14.5. The molecule has 1 aromatic heterocycles. The van der Waals surface area contributed by atoms with E-state index in [9.17, 15) is 8.42 Å². The Bertz CT molecular complexity index is 494. The maximum absolute atomic E-state index is 11.7. The second-order valence-corrected chi connectivity index (χ2v) is 6.99. The molecule has 1 heterocycles. The lowest BCUT2D eigenvalue weighted by Crippen LogP contribution is -2.30. The second kappa shape index (κ2) is 6.49. The van der Waals surface area contributed by atoms with Crippen LogP contribution in [0.4, 0.5) is 0 Å². The monoisotopic (exact) mass is 286 g/mol. The van der Waals surface area contributed by atoms with Crippen molar-refractivity contribution in [1.82, 2.24) is 19.8 Å². The fourth-order valence-corrected chi connectivity index (χ4v) is 2.96. The van der Waals surface area contributed by atoms with Crippen LogP contribution >= 0.6 is 0 Å². The molecule has 0 saturated heterocycles. The van der Waals surface area contributed by atoms with Crippen LogP contribution < -0.4 is 10.0 Å². The van der Waals surface area contributed by atoms with E-state index in [0.29, 0.717) is 25.4 Å². The fourth-order valence-electron chi connectivity index (χ4n) is 1.88. The summed E-state index contributed by atoms with van der Waals surface area (Å²) < 4.78 is 27.8. The lowest BCUT2D eigenvalue weighted by atomic mass is 10.3. The third-order valence-corrected chi connectivity index (χ3v) is 4.56. The molecule has 0 unspecified atom stereocenters. The van der Waals surface area contributed by atoms with Crippen LogP contribution in [0.25, 0.3) is 0 Å². The Balaban J connectivity index is 1.59. The number of hydrogen-bond donors (Lipinski definition) is 2. The van der Waals surface area contributed by atoms with E-state index >= 15 is 0 Å². The molecule has 0 amide bonds. The molecule has 0 aromatic carbocycles. The summed E-state index contributed by atoms with van der Waals surface area (Å²) in [5.74, 6) is 0.194. The van der Waals surface area contributed by atoms with Crippen LogP contribution in [0.2, 0.25) is 0 Å². The van der Waals surface area contributed by atoms with Gasteiger partial charge >= 0.3 is 0 Å². The van der Waals surface area contributed by atoms with Crippen LogP contribution in [-0.2, 0) is 23.5 Å². The zero-order valence-electron chi connectivity index (χ0n) is 11.3. The van der Waals surface area contributed by atoms with Gasteiger partial charge in [0.15, 0.2) is 0 Å². The van der Waals surface area contributed by atoms with Gasteiger partial charge in [-0.15, -0.1) is 0 Å². The van der Waals surface area contributed by atoms with Gasteiger partial charge in [0.25, 0.3) is 0 Å². The molecule has 0 bridgehead atoms. The van der Waals surface area contributed by atoms with Crippen molar-refractivity contribution in [2.45, 2.75) is 31.7 Å². The van der Waals surface area contributed by atoms with E-state index in [-0.39, 0.29) is 5.75 Å². The van der Waals surface area contributed by atoms with Crippen molar-refractivity contribution >= 4 is 10.0 Å². The van der Waals surface area contributed by atoms with Gasteiger partial charge in [0.1, 0.15) is 0 Å². The van der Waals surface area contributed by atoms with Gasteiger partial charge in [-0.2, -0.15) is 5.10 Å². The van der Waals surface area contributed by atoms with Crippen LogP contribution in [0.15, 0.2) is 12.4 Å². The minimum absolute atomic E-state index is 0.194. The van der Waals surface area contributed by atoms with Crippen molar-refractivity contribution in [2.75, 3.05) is 18.8 Å².